The normalized spacial score (nSPS) is 19.1. The Bertz CT molecular complexity index is 488. The summed E-state index contributed by atoms with van der Waals surface area (Å²) in [6, 6.07) is 5.53. The Labute approximate surface area is 127 Å². The first-order chi connectivity index (χ1) is 8.93. The predicted octanol–water partition coefficient (Wildman–Crippen LogP) is 3.95. The molecule has 0 spiro atoms. The van der Waals surface area contributed by atoms with Crippen molar-refractivity contribution in [1.82, 2.24) is 0 Å². The van der Waals surface area contributed by atoms with Gasteiger partial charge in [0.15, 0.2) is 0 Å². The van der Waals surface area contributed by atoms with Gasteiger partial charge >= 0.3 is 0 Å². The van der Waals surface area contributed by atoms with Gasteiger partial charge in [-0.25, -0.2) is 0 Å². The molecule has 0 heterocycles. The largest absolute Gasteiger partial charge is 0.371 e. The first kappa shape index (κ1) is 14.7. The lowest BCUT2D eigenvalue weighted by atomic mass is 9.83. The molecular weight excluding hydrogens is 328 g/mol. The lowest BCUT2D eigenvalue weighted by Crippen LogP contribution is -2.52. The Balaban J connectivity index is 2.25. The molecule has 1 aromatic carbocycles. The number of carbonyl (C=O) groups excluding carboxylic acids is 1. The summed E-state index contributed by atoms with van der Waals surface area (Å²) in [4.78, 5) is 11.9. The van der Waals surface area contributed by atoms with E-state index < -0.39 is 5.54 Å². The number of hydrogen-bond acceptors (Lipinski definition) is 2. The zero-order chi connectivity index (χ0) is 14.0. The third kappa shape index (κ3) is 3.06. The van der Waals surface area contributed by atoms with Gasteiger partial charge in [0.05, 0.1) is 5.02 Å². The Kier molecular flexibility index (Phi) is 4.41. The third-order valence-corrected chi connectivity index (χ3v) is 5.22. The van der Waals surface area contributed by atoms with Crippen molar-refractivity contribution in [3.63, 3.8) is 0 Å². The van der Waals surface area contributed by atoms with Gasteiger partial charge in [0.1, 0.15) is 5.54 Å². The molecule has 1 amide bonds. The molecule has 0 radical (unpaired) electrons. The molecule has 19 heavy (non-hydrogen) atoms. The molecule has 3 nitrogen and oxygen atoms in total. The van der Waals surface area contributed by atoms with Crippen LogP contribution in [-0.2, 0) is 4.79 Å². The van der Waals surface area contributed by atoms with Gasteiger partial charge in [-0.2, -0.15) is 0 Å². The number of primary amides is 1. The van der Waals surface area contributed by atoms with Crippen LogP contribution in [0.15, 0.2) is 22.7 Å². The summed E-state index contributed by atoms with van der Waals surface area (Å²) < 4.78 is 0.803. The molecule has 1 saturated carbocycles. The second kappa shape index (κ2) is 5.71. The minimum absolute atomic E-state index is 0.291. The lowest BCUT2D eigenvalue weighted by Gasteiger charge is -2.34. The van der Waals surface area contributed by atoms with Crippen LogP contribution in [0, 0.1) is 5.92 Å². The van der Waals surface area contributed by atoms with Gasteiger partial charge in [-0.15, -0.1) is 0 Å². The Hall–Kier alpha value is -0.740. The minimum Gasteiger partial charge on any atom is -0.371 e. The van der Waals surface area contributed by atoms with Crippen LogP contribution in [0.2, 0.25) is 5.02 Å². The second-order valence-corrected chi connectivity index (χ2v) is 6.56. The van der Waals surface area contributed by atoms with Crippen LogP contribution < -0.4 is 11.1 Å². The van der Waals surface area contributed by atoms with Crippen LogP contribution in [0.25, 0.3) is 0 Å². The van der Waals surface area contributed by atoms with Crippen LogP contribution in [-0.4, -0.2) is 11.4 Å². The fourth-order valence-corrected chi connectivity index (χ4v) is 3.24. The third-order valence-electron chi connectivity index (χ3n) is 4.01. The monoisotopic (exact) mass is 344 g/mol. The minimum atomic E-state index is -0.705. The second-order valence-electron chi connectivity index (χ2n) is 5.30. The van der Waals surface area contributed by atoms with Crippen molar-refractivity contribution >= 4 is 39.1 Å². The van der Waals surface area contributed by atoms with Gasteiger partial charge in [-0.05, 0) is 59.8 Å². The topological polar surface area (TPSA) is 55.1 Å². The smallest absolute Gasteiger partial charge is 0.243 e. The maximum atomic E-state index is 11.9. The molecule has 1 aliphatic carbocycles. The van der Waals surface area contributed by atoms with Crippen molar-refractivity contribution in [2.75, 3.05) is 5.32 Å². The van der Waals surface area contributed by atoms with Gasteiger partial charge in [-0.3, -0.25) is 4.79 Å². The van der Waals surface area contributed by atoms with Crippen molar-refractivity contribution in [1.29, 1.82) is 0 Å². The molecule has 1 aliphatic rings. The predicted molar refractivity (Wildman–Crippen MR) is 82.3 cm³/mol. The number of carbonyl (C=O) groups is 1. The summed E-state index contributed by atoms with van der Waals surface area (Å²) in [5.74, 6) is -0.00933. The molecule has 0 aliphatic heterocycles. The zero-order valence-electron chi connectivity index (χ0n) is 10.9. The fourth-order valence-electron chi connectivity index (χ4n) is 2.74. The number of nitrogens with one attached hydrogen (secondary N) is 1. The van der Waals surface area contributed by atoms with E-state index in [0.29, 0.717) is 10.9 Å². The molecule has 1 aromatic rings. The number of amides is 1. The van der Waals surface area contributed by atoms with E-state index in [9.17, 15) is 4.79 Å². The molecule has 1 unspecified atom stereocenters. The maximum Gasteiger partial charge on any atom is 0.243 e. The van der Waals surface area contributed by atoms with E-state index >= 15 is 0 Å². The SMILES string of the molecule is CC(Nc1ccc(Cl)c(Br)c1)(C(N)=O)C1CCCC1. The average Bonchev–Trinajstić information content (AvgIpc) is 2.87. The molecule has 1 fully saturated rings. The van der Waals surface area contributed by atoms with E-state index in [1.165, 1.54) is 12.8 Å². The highest BCUT2D eigenvalue weighted by atomic mass is 79.9. The highest BCUT2D eigenvalue weighted by molar-refractivity contribution is 9.10. The summed E-state index contributed by atoms with van der Waals surface area (Å²) in [7, 11) is 0. The van der Waals surface area contributed by atoms with E-state index in [4.69, 9.17) is 17.3 Å². The Morgan fingerprint density at radius 3 is 2.63 bits per heavy atom. The standard InChI is InChI=1S/C14H18BrClN2O/c1-14(13(17)19,9-4-2-3-5-9)18-10-6-7-12(16)11(15)8-10/h6-9,18H,2-5H2,1H3,(H2,17,19). The maximum absolute atomic E-state index is 11.9. The van der Waals surface area contributed by atoms with Gasteiger partial charge in [0.2, 0.25) is 5.91 Å². The number of anilines is 1. The highest BCUT2D eigenvalue weighted by Crippen LogP contribution is 2.37. The number of halogens is 2. The molecule has 1 atom stereocenters. The molecule has 0 saturated heterocycles. The number of rotatable bonds is 4. The Morgan fingerprint density at radius 2 is 2.11 bits per heavy atom. The molecule has 0 bridgehead atoms. The van der Waals surface area contributed by atoms with Crippen LogP contribution in [0.3, 0.4) is 0 Å². The first-order valence-electron chi connectivity index (χ1n) is 6.46. The van der Waals surface area contributed by atoms with Gasteiger partial charge in [0, 0.05) is 10.2 Å². The summed E-state index contributed by atoms with van der Waals surface area (Å²) >= 11 is 9.36. The van der Waals surface area contributed by atoms with E-state index in [2.05, 4.69) is 21.2 Å². The van der Waals surface area contributed by atoms with E-state index in [1.807, 2.05) is 19.1 Å². The van der Waals surface area contributed by atoms with Crippen LogP contribution in [0.4, 0.5) is 5.69 Å². The lowest BCUT2D eigenvalue weighted by molar-refractivity contribution is -0.123. The van der Waals surface area contributed by atoms with E-state index in [1.54, 1.807) is 6.07 Å². The van der Waals surface area contributed by atoms with Crippen molar-refractivity contribution in [3.8, 4) is 0 Å². The van der Waals surface area contributed by atoms with E-state index in [-0.39, 0.29) is 5.91 Å². The first-order valence-corrected chi connectivity index (χ1v) is 7.63. The fraction of sp³-hybridized carbons (Fsp3) is 0.500. The summed E-state index contributed by atoms with van der Waals surface area (Å²) in [6.07, 6.45) is 4.42. The summed E-state index contributed by atoms with van der Waals surface area (Å²) in [5.41, 5.74) is 5.77. The molecule has 2 rings (SSSR count). The van der Waals surface area contributed by atoms with Gasteiger partial charge < -0.3 is 11.1 Å². The molecule has 3 N–H and O–H groups in total. The molecule has 0 aromatic heterocycles. The highest BCUT2D eigenvalue weighted by Gasteiger charge is 2.41. The zero-order valence-corrected chi connectivity index (χ0v) is 13.2. The van der Waals surface area contributed by atoms with Crippen molar-refractivity contribution < 1.29 is 4.79 Å². The molecular formula is C14H18BrClN2O. The quantitative estimate of drug-likeness (QED) is 0.868. The summed E-state index contributed by atoms with van der Waals surface area (Å²) in [5, 5.41) is 3.95. The van der Waals surface area contributed by atoms with E-state index in [0.717, 1.165) is 23.0 Å². The van der Waals surface area contributed by atoms with Gasteiger partial charge in [-0.1, -0.05) is 24.4 Å². The number of benzene rings is 1. The average molecular weight is 346 g/mol. The van der Waals surface area contributed by atoms with Crippen LogP contribution in [0.5, 0.6) is 0 Å². The number of hydrogen-bond donors (Lipinski definition) is 2. The summed E-state index contributed by atoms with van der Waals surface area (Å²) in [6.45, 7) is 1.90. The number of nitrogens with two attached hydrogens (primary N) is 1. The van der Waals surface area contributed by atoms with Crippen LogP contribution >= 0.6 is 27.5 Å². The molecule has 5 heteroatoms. The van der Waals surface area contributed by atoms with Crippen LogP contribution in [0.1, 0.15) is 32.6 Å². The van der Waals surface area contributed by atoms with Crippen molar-refractivity contribution in [3.05, 3.63) is 27.7 Å². The van der Waals surface area contributed by atoms with Crippen molar-refractivity contribution in [2.24, 2.45) is 11.7 Å². The Morgan fingerprint density at radius 1 is 1.47 bits per heavy atom. The van der Waals surface area contributed by atoms with Gasteiger partial charge in [0.25, 0.3) is 0 Å². The molecule has 104 valence electrons. The van der Waals surface area contributed by atoms with Crippen molar-refractivity contribution in [2.45, 2.75) is 38.1 Å².